The van der Waals surface area contributed by atoms with Gasteiger partial charge in [-0.05, 0) is 37.3 Å². The van der Waals surface area contributed by atoms with E-state index >= 15 is 0 Å². The van der Waals surface area contributed by atoms with Gasteiger partial charge in [-0.3, -0.25) is 9.59 Å². The number of rotatable bonds is 5. The van der Waals surface area contributed by atoms with Gasteiger partial charge in [0, 0.05) is 38.5 Å². The number of benzene rings is 1. The molecule has 1 saturated carbocycles. The molecule has 27 heavy (non-hydrogen) atoms. The number of hydrogen-bond acceptors (Lipinski definition) is 3. The van der Waals surface area contributed by atoms with Crippen molar-refractivity contribution >= 4 is 11.8 Å². The van der Waals surface area contributed by atoms with Gasteiger partial charge in [0.15, 0.2) is 0 Å². The maximum atomic E-state index is 12.8. The van der Waals surface area contributed by atoms with E-state index in [1.165, 1.54) is 19.3 Å². The Morgan fingerprint density at radius 2 is 1.67 bits per heavy atom. The molecular formula is C22H32N2O3. The van der Waals surface area contributed by atoms with Crippen LogP contribution in [0, 0.1) is 5.92 Å². The minimum absolute atomic E-state index is 0.174. The lowest BCUT2D eigenvalue weighted by Crippen LogP contribution is -2.40. The highest BCUT2D eigenvalue weighted by atomic mass is 16.5. The largest absolute Gasteiger partial charge is 0.496 e. The molecule has 1 aliphatic carbocycles. The van der Waals surface area contributed by atoms with Crippen LogP contribution < -0.4 is 4.74 Å². The van der Waals surface area contributed by atoms with E-state index in [2.05, 4.69) is 0 Å². The van der Waals surface area contributed by atoms with Gasteiger partial charge in [0.2, 0.25) is 11.8 Å². The molecule has 0 spiro atoms. The zero-order valence-corrected chi connectivity index (χ0v) is 16.5. The van der Waals surface area contributed by atoms with Crippen molar-refractivity contribution in [2.24, 2.45) is 5.92 Å². The van der Waals surface area contributed by atoms with E-state index in [4.69, 9.17) is 4.74 Å². The first-order valence-electron chi connectivity index (χ1n) is 10.4. The SMILES string of the molecule is COc1ccccc1CCC(=O)N1CCCN(C(=O)C2CCCCC2)CC1. The molecule has 0 atom stereocenters. The summed E-state index contributed by atoms with van der Waals surface area (Å²) in [5.41, 5.74) is 1.07. The minimum Gasteiger partial charge on any atom is -0.496 e. The summed E-state index contributed by atoms with van der Waals surface area (Å²) in [7, 11) is 1.66. The molecule has 2 aliphatic rings. The number of methoxy groups -OCH3 is 1. The summed E-state index contributed by atoms with van der Waals surface area (Å²) < 4.78 is 5.37. The zero-order valence-electron chi connectivity index (χ0n) is 16.5. The van der Waals surface area contributed by atoms with Crippen molar-refractivity contribution in [1.82, 2.24) is 9.80 Å². The molecule has 5 nitrogen and oxygen atoms in total. The maximum Gasteiger partial charge on any atom is 0.225 e. The first kappa shape index (κ1) is 19.7. The predicted molar refractivity (Wildman–Crippen MR) is 106 cm³/mol. The molecule has 0 radical (unpaired) electrons. The Morgan fingerprint density at radius 3 is 2.44 bits per heavy atom. The van der Waals surface area contributed by atoms with Crippen molar-refractivity contribution in [2.75, 3.05) is 33.3 Å². The lowest BCUT2D eigenvalue weighted by Gasteiger charge is -2.28. The molecule has 0 aromatic heterocycles. The highest BCUT2D eigenvalue weighted by molar-refractivity contribution is 5.79. The molecule has 1 aliphatic heterocycles. The smallest absolute Gasteiger partial charge is 0.225 e. The number of aryl methyl sites for hydroxylation is 1. The predicted octanol–water partition coefficient (Wildman–Crippen LogP) is 3.27. The van der Waals surface area contributed by atoms with Crippen molar-refractivity contribution < 1.29 is 14.3 Å². The Hall–Kier alpha value is -2.04. The molecule has 1 aromatic carbocycles. The lowest BCUT2D eigenvalue weighted by atomic mass is 9.88. The number of hydrogen-bond donors (Lipinski definition) is 0. The highest BCUT2D eigenvalue weighted by Crippen LogP contribution is 2.26. The summed E-state index contributed by atoms with van der Waals surface area (Å²) >= 11 is 0. The van der Waals surface area contributed by atoms with Crippen molar-refractivity contribution in [3.05, 3.63) is 29.8 Å². The number of amides is 2. The van der Waals surface area contributed by atoms with E-state index in [1.807, 2.05) is 34.1 Å². The van der Waals surface area contributed by atoms with Crippen LogP contribution in [0.3, 0.4) is 0 Å². The van der Waals surface area contributed by atoms with Gasteiger partial charge in [0.05, 0.1) is 7.11 Å². The van der Waals surface area contributed by atoms with Crippen LogP contribution in [0.1, 0.15) is 50.5 Å². The Kier molecular flexibility index (Phi) is 7.13. The molecular weight excluding hydrogens is 340 g/mol. The third-order valence-corrected chi connectivity index (χ3v) is 5.92. The van der Waals surface area contributed by atoms with E-state index < -0.39 is 0 Å². The van der Waals surface area contributed by atoms with Gasteiger partial charge in [-0.25, -0.2) is 0 Å². The second kappa shape index (κ2) is 9.77. The summed E-state index contributed by atoms with van der Waals surface area (Å²) in [6.07, 6.45) is 7.74. The van der Waals surface area contributed by atoms with Crippen LogP contribution >= 0.6 is 0 Å². The standard InChI is InChI=1S/C22H32N2O3/c1-27-20-11-6-5-8-18(20)12-13-21(25)23-14-7-15-24(17-16-23)22(26)19-9-3-2-4-10-19/h5-6,8,11,19H,2-4,7,9-10,12-17H2,1H3. The fourth-order valence-electron chi connectivity index (χ4n) is 4.30. The fourth-order valence-corrected chi connectivity index (χ4v) is 4.30. The second-order valence-electron chi connectivity index (χ2n) is 7.71. The molecule has 1 heterocycles. The van der Waals surface area contributed by atoms with E-state index in [9.17, 15) is 9.59 Å². The summed E-state index contributed by atoms with van der Waals surface area (Å²) in [4.78, 5) is 29.4. The molecule has 5 heteroatoms. The monoisotopic (exact) mass is 372 g/mol. The summed E-state index contributed by atoms with van der Waals surface area (Å²) in [6, 6.07) is 7.86. The molecule has 1 aromatic rings. The topological polar surface area (TPSA) is 49.9 Å². The van der Waals surface area contributed by atoms with Crippen molar-refractivity contribution in [3.8, 4) is 5.75 Å². The van der Waals surface area contributed by atoms with Crippen LogP contribution in [0.4, 0.5) is 0 Å². The summed E-state index contributed by atoms with van der Waals surface area (Å²) in [5.74, 6) is 1.54. The molecule has 0 bridgehead atoms. The zero-order chi connectivity index (χ0) is 19.1. The van der Waals surface area contributed by atoms with Crippen LogP contribution in [-0.2, 0) is 16.0 Å². The number of carbonyl (C=O) groups excluding carboxylic acids is 2. The number of ether oxygens (including phenoxy) is 1. The van der Waals surface area contributed by atoms with Gasteiger partial charge in [0.1, 0.15) is 5.75 Å². The molecule has 3 rings (SSSR count). The molecule has 2 amide bonds. The summed E-state index contributed by atoms with van der Waals surface area (Å²) in [5, 5.41) is 0. The normalized spacial score (nSPS) is 18.9. The Bertz CT molecular complexity index is 640. The number of para-hydroxylation sites is 1. The van der Waals surface area contributed by atoms with Crippen LogP contribution in [0.2, 0.25) is 0 Å². The minimum atomic E-state index is 0.174. The van der Waals surface area contributed by atoms with Crippen molar-refractivity contribution in [1.29, 1.82) is 0 Å². The quantitative estimate of drug-likeness (QED) is 0.797. The summed E-state index contributed by atoms with van der Waals surface area (Å²) in [6.45, 7) is 2.86. The highest BCUT2D eigenvalue weighted by Gasteiger charge is 2.28. The maximum absolute atomic E-state index is 12.8. The third kappa shape index (κ3) is 5.24. The van der Waals surface area contributed by atoms with Gasteiger partial charge < -0.3 is 14.5 Å². The fraction of sp³-hybridized carbons (Fsp3) is 0.636. The van der Waals surface area contributed by atoms with E-state index in [-0.39, 0.29) is 11.8 Å². The third-order valence-electron chi connectivity index (χ3n) is 5.92. The Morgan fingerprint density at radius 1 is 0.963 bits per heavy atom. The Labute approximate surface area is 162 Å². The first-order chi connectivity index (χ1) is 13.2. The average Bonchev–Trinajstić information content (AvgIpc) is 2.98. The second-order valence-corrected chi connectivity index (χ2v) is 7.71. The molecule has 2 fully saturated rings. The molecule has 0 N–H and O–H groups in total. The molecule has 1 saturated heterocycles. The van der Waals surface area contributed by atoms with E-state index in [0.717, 1.165) is 43.7 Å². The van der Waals surface area contributed by atoms with Gasteiger partial charge >= 0.3 is 0 Å². The number of carbonyl (C=O) groups is 2. The van der Waals surface area contributed by atoms with Gasteiger partial charge in [-0.2, -0.15) is 0 Å². The van der Waals surface area contributed by atoms with Crippen LogP contribution in [0.5, 0.6) is 5.75 Å². The average molecular weight is 373 g/mol. The van der Waals surface area contributed by atoms with E-state index in [1.54, 1.807) is 7.11 Å². The van der Waals surface area contributed by atoms with Gasteiger partial charge in [-0.15, -0.1) is 0 Å². The van der Waals surface area contributed by atoms with E-state index in [0.29, 0.717) is 31.8 Å². The molecule has 148 valence electrons. The van der Waals surface area contributed by atoms with Crippen LogP contribution in [-0.4, -0.2) is 54.9 Å². The van der Waals surface area contributed by atoms with Gasteiger partial charge in [0.25, 0.3) is 0 Å². The molecule has 0 unspecified atom stereocenters. The van der Waals surface area contributed by atoms with Crippen molar-refractivity contribution in [3.63, 3.8) is 0 Å². The first-order valence-corrected chi connectivity index (χ1v) is 10.4. The van der Waals surface area contributed by atoms with Crippen molar-refractivity contribution in [2.45, 2.75) is 51.4 Å². The Balaban J connectivity index is 1.49. The van der Waals surface area contributed by atoms with Crippen LogP contribution in [0.25, 0.3) is 0 Å². The van der Waals surface area contributed by atoms with Crippen LogP contribution in [0.15, 0.2) is 24.3 Å². The van der Waals surface area contributed by atoms with Gasteiger partial charge in [-0.1, -0.05) is 37.5 Å². The lowest BCUT2D eigenvalue weighted by molar-refractivity contribution is -0.137. The number of nitrogens with zero attached hydrogens (tertiary/aromatic N) is 2.